The lowest BCUT2D eigenvalue weighted by Gasteiger charge is -2.39. The van der Waals surface area contributed by atoms with Gasteiger partial charge in [0.15, 0.2) is 22.5 Å². The van der Waals surface area contributed by atoms with Gasteiger partial charge < -0.3 is 16.8 Å². The second-order valence-electron chi connectivity index (χ2n) is 8.37. The van der Waals surface area contributed by atoms with Gasteiger partial charge >= 0.3 is 17.4 Å². The van der Waals surface area contributed by atoms with Gasteiger partial charge in [-0.1, -0.05) is 0 Å². The predicted molar refractivity (Wildman–Crippen MR) is 114 cm³/mol. The molecule has 0 aliphatic rings. The number of nitrogens with zero attached hydrogens (tertiary/aromatic N) is 3. The first kappa shape index (κ1) is 24.3. The summed E-state index contributed by atoms with van der Waals surface area (Å²) in [6.07, 6.45) is 0. The molecule has 1 aromatic heterocycles. The summed E-state index contributed by atoms with van der Waals surface area (Å²) in [5.74, 6) is 0.335. The van der Waals surface area contributed by atoms with Crippen molar-refractivity contribution in [3.05, 3.63) is 16.4 Å². The van der Waals surface area contributed by atoms with Crippen molar-refractivity contribution in [2.75, 3.05) is 0 Å². The van der Waals surface area contributed by atoms with Gasteiger partial charge in [0.05, 0.1) is 6.61 Å². The number of rotatable bonds is 9. The maximum atomic E-state index is 6.40. The highest BCUT2D eigenvalue weighted by Crippen LogP contribution is 2.25. The molecule has 150 valence electrons. The van der Waals surface area contributed by atoms with Crippen LogP contribution < -0.4 is 0 Å². The van der Waals surface area contributed by atoms with Gasteiger partial charge in [0.1, 0.15) is 0 Å². The predicted octanol–water partition coefficient (Wildman–Crippen LogP) is 4.69. The van der Waals surface area contributed by atoms with E-state index >= 15 is 0 Å². The highest BCUT2D eigenvalue weighted by atomic mass is 35.5. The van der Waals surface area contributed by atoms with Crippen molar-refractivity contribution in [3.63, 3.8) is 0 Å². The van der Waals surface area contributed by atoms with Gasteiger partial charge in [0.25, 0.3) is 0 Å². The van der Waals surface area contributed by atoms with Crippen LogP contribution in [0.3, 0.4) is 0 Å². The number of hydrogen-bond donors (Lipinski definition) is 0. The molecule has 1 rings (SSSR count). The van der Waals surface area contributed by atoms with E-state index in [4.69, 9.17) is 40.0 Å². The lowest BCUT2D eigenvalue weighted by molar-refractivity contribution is 0.143. The fourth-order valence-corrected chi connectivity index (χ4v) is 18.7. The molecule has 0 N–H and O–H groups in total. The van der Waals surface area contributed by atoms with Crippen molar-refractivity contribution < 1.29 is 16.8 Å². The first-order valence-electron chi connectivity index (χ1n) is 8.29. The summed E-state index contributed by atoms with van der Waals surface area (Å²) < 4.78 is 25.1. The molecule has 1 heterocycles. The fourth-order valence-electron chi connectivity index (χ4n) is 2.46. The molecule has 0 amide bonds. The fraction of sp³-hybridized carbons (Fsp3) is 0.769. The summed E-state index contributed by atoms with van der Waals surface area (Å²) >= 11 is 11.7. The van der Waals surface area contributed by atoms with Gasteiger partial charge in [0, 0.05) is 6.55 Å². The topological polar surface area (TPSA) is 75.6 Å². The van der Waals surface area contributed by atoms with E-state index in [1.54, 1.807) is 0 Å². The van der Waals surface area contributed by atoms with E-state index < -0.39 is 34.0 Å². The van der Waals surface area contributed by atoms with Crippen molar-refractivity contribution in [1.82, 2.24) is 15.0 Å². The van der Waals surface area contributed by atoms with Crippen molar-refractivity contribution in [1.29, 1.82) is 0 Å². The smallest absolute Gasteiger partial charge is 0.437 e. The van der Waals surface area contributed by atoms with Crippen LogP contribution in [0.15, 0.2) is 0 Å². The summed E-state index contributed by atoms with van der Waals surface area (Å²) in [6, 6.07) is 0. The zero-order valence-corrected chi connectivity index (χ0v) is 22.4. The third kappa shape index (κ3) is 10.0. The van der Waals surface area contributed by atoms with Crippen LogP contribution in [-0.2, 0) is 23.4 Å². The number of hydrogen-bond acceptors (Lipinski definition) is 7. The minimum atomic E-state index is -3.00. The van der Waals surface area contributed by atoms with Crippen molar-refractivity contribution >= 4 is 57.2 Å². The van der Waals surface area contributed by atoms with Crippen LogP contribution in [0, 0.1) is 0 Å². The van der Waals surface area contributed by atoms with E-state index in [-0.39, 0.29) is 17.2 Å². The molecule has 7 nitrogen and oxygen atoms in total. The van der Waals surface area contributed by atoms with Crippen LogP contribution in [-0.4, -0.2) is 49.0 Å². The second kappa shape index (κ2) is 8.76. The normalized spacial score (nSPS) is 15.8. The largest absolute Gasteiger partial charge is 0.478 e. The van der Waals surface area contributed by atoms with Crippen LogP contribution in [0.5, 0.6) is 0 Å². The Morgan fingerprint density at radius 1 is 0.692 bits per heavy atom. The third-order valence-corrected chi connectivity index (χ3v) is 15.4. The molecule has 13 heteroatoms. The second-order valence-corrected chi connectivity index (χ2v) is 24.8. The first-order valence-corrected chi connectivity index (χ1v) is 20.9. The Kier molecular flexibility index (Phi) is 8.20. The standard InChI is InChI=1S/C13H29Cl2N3O4Si4/c1-23(2,3)20-25(7,8)22-26(9,21-24(4,5)6)19-10-11-16-12(14)18-13(15)17-11/h10H2,1-9H3. The van der Waals surface area contributed by atoms with Gasteiger partial charge in [-0.3, -0.25) is 0 Å². The Hall–Kier alpha value is 0.298. The molecule has 0 fully saturated rings. The molecule has 0 bridgehead atoms. The van der Waals surface area contributed by atoms with Crippen LogP contribution in [0.4, 0.5) is 0 Å². The van der Waals surface area contributed by atoms with Crippen LogP contribution in [0.2, 0.25) is 69.5 Å². The Balaban J connectivity index is 2.98. The highest BCUT2D eigenvalue weighted by Gasteiger charge is 2.47. The van der Waals surface area contributed by atoms with E-state index in [0.717, 1.165) is 0 Å². The van der Waals surface area contributed by atoms with E-state index in [1.165, 1.54) is 0 Å². The summed E-state index contributed by atoms with van der Waals surface area (Å²) in [5, 5.41) is 0.0477. The Morgan fingerprint density at radius 3 is 1.58 bits per heavy atom. The van der Waals surface area contributed by atoms with Gasteiger partial charge in [0.2, 0.25) is 10.6 Å². The summed E-state index contributed by atoms with van der Waals surface area (Å²) in [7, 11) is -9.14. The Morgan fingerprint density at radius 2 is 1.15 bits per heavy atom. The quantitative estimate of drug-likeness (QED) is 0.481. The van der Waals surface area contributed by atoms with Gasteiger partial charge in [-0.25, -0.2) is 9.97 Å². The van der Waals surface area contributed by atoms with Crippen molar-refractivity contribution in [3.8, 4) is 0 Å². The monoisotopic (exact) mass is 473 g/mol. The number of aromatic nitrogens is 3. The first-order chi connectivity index (χ1) is 11.5. The Bertz CT molecular complexity index is 608. The van der Waals surface area contributed by atoms with E-state index in [0.29, 0.717) is 5.82 Å². The highest BCUT2D eigenvalue weighted by molar-refractivity contribution is 6.87. The van der Waals surface area contributed by atoms with Crippen molar-refractivity contribution in [2.24, 2.45) is 0 Å². The molecule has 1 atom stereocenters. The maximum absolute atomic E-state index is 6.40. The van der Waals surface area contributed by atoms with Gasteiger partial charge in [-0.05, 0) is 75.6 Å². The molecule has 1 unspecified atom stereocenters. The molecule has 1 aromatic rings. The molecule has 26 heavy (non-hydrogen) atoms. The SMILES string of the molecule is C[Si](C)(C)O[Si](C)(C)O[Si](C)(OCc1nc(Cl)nc(Cl)n1)O[Si](C)(C)C. The molecule has 0 spiro atoms. The van der Waals surface area contributed by atoms with Crippen molar-refractivity contribution in [2.45, 2.75) is 65.5 Å². The zero-order chi connectivity index (χ0) is 20.4. The minimum Gasteiger partial charge on any atom is -0.437 e. The summed E-state index contributed by atoms with van der Waals surface area (Å²) in [6.45, 7) is 18.7. The van der Waals surface area contributed by atoms with Crippen LogP contribution in [0.1, 0.15) is 5.82 Å². The number of halogens is 2. The summed E-state index contributed by atoms with van der Waals surface area (Å²) in [5.41, 5.74) is 0. The van der Waals surface area contributed by atoms with Gasteiger partial charge in [-0.15, -0.1) is 0 Å². The molecule has 0 radical (unpaired) electrons. The molecule has 0 aromatic carbocycles. The average Bonchev–Trinajstić information content (AvgIpc) is 2.28. The molecular formula is C13H29Cl2N3O4Si4. The zero-order valence-electron chi connectivity index (χ0n) is 16.9. The molecule has 0 saturated heterocycles. The summed E-state index contributed by atoms with van der Waals surface area (Å²) in [4.78, 5) is 11.8. The molecule has 0 aliphatic heterocycles. The Labute approximate surface area is 170 Å². The van der Waals surface area contributed by atoms with E-state index in [2.05, 4.69) is 54.2 Å². The average molecular weight is 475 g/mol. The minimum absolute atomic E-state index is 0.0239. The van der Waals surface area contributed by atoms with Crippen LogP contribution in [0.25, 0.3) is 0 Å². The molecule has 0 saturated carbocycles. The lowest BCUT2D eigenvalue weighted by Crippen LogP contribution is -2.58. The van der Waals surface area contributed by atoms with Crippen LogP contribution >= 0.6 is 23.2 Å². The lowest BCUT2D eigenvalue weighted by atomic mass is 10.7. The molecular weight excluding hydrogens is 445 g/mol. The maximum Gasteiger partial charge on any atom is 0.478 e. The third-order valence-electron chi connectivity index (χ3n) is 2.57. The van der Waals surface area contributed by atoms with E-state index in [1.807, 2.05) is 19.6 Å². The van der Waals surface area contributed by atoms with E-state index in [9.17, 15) is 0 Å². The van der Waals surface area contributed by atoms with Gasteiger partial charge in [-0.2, -0.15) is 4.98 Å². The molecule has 0 aliphatic carbocycles.